The van der Waals surface area contributed by atoms with Crippen molar-refractivity contribution in [2.24, 2.45) is 0 Å². The average molecular weight is 183 g/mol. The second-order valence-corrected chi connectivity index (χ2v) is 3.66. The molecule has 1 aromatic heterocycles. The fourth-order valence-corrected chi connectivity index (χ4v) is 1.67. The third-order valence-corrected chi connectivity index (χ3v) is 2.93. The van der Waals surface area contributed by atoms with E-state index >= 15 is 0 Å². The Bertz CT molecular complexity index is 295. The third kappa shape index (κ3) is 1.20. The Balaban J connectivity index is 2.36. The van der Waals surface area contributed by atoms with Gasteiger partial charge in [-0.1, -0.05) is 18.0 Å². The van der Waals surface area contributed by atoms with Gasteiger partial charge in [-0.2, -0.15) is 0 Å². The highest BCUT2D eigenvalue weighted by Gasteiger charge is 2.23. The molecule has 2 nitrogen and oxygen atoms in total. The average Bonchev–Trinajstić information content (AvgIpc) is 1.95. The maximum atomic E-state index is 5.89. The monoisotopic (exact) mass is 182 g/mol. The molecule has 0 unspecified atom stereocenters. The molecule has 3 heteroatoms. The molecule has 1 aliphatic rings. The summed E-state index contributed by atoms with van der Waals surface area (Å²) in [5.74, 6) is 0.644. The highest BCUT2D eigenvalue weighted by atomic mass is 35.5. The number of hydrogen-bond acceptors (Lipinski definition) is 2. The van der Waals surface area contributed by atoms with Crippen LogP contribution in [-0.4, -0.2) is 9.97 Å². The summed E-state index contributed by atoms with van der Waals surface area (Å²) in [6.07, 6.45) is 5.40. The van der Waals surface area contributed by atoms with E-state index in [-0.39, 0.29) is 0 Å². The van der Waals surface area contributed by atoms with Crippen molar-refractivity contribution >= 4 is 11.6 Å². The van der Waals surface area contributed by atoms with Gasteiger partial charge in [0.25, 0.3) is 0 Å². The Morgan fingerprint density at radius 1 is 1.42 bits per heavy atom. The van der Waals surface area contributed by atoms with Gasteiger partial charge in [-0.3, -0.25) is 0 Å². The van der Waals surface area contributed by atoms with Crippen LogP contribution in [0.1, 0.15) is 36.4 Å². The minimum atomic E-state index is 0.604. The summed E-state index contributed by atoms with van der Waals surface area (Å²) in [6.45, 7) is 2.00. The third-order valence-electron chi connectivity index (χ3n) is 2.55. The molecule has 2 rings (SSSR count). The fourth-order valence-electron chi connectivity index (χ4n) is 1.53. The zero-order chi connectivity index (χ0) is 8.55. The Labute approximate surface area is 77.0 Å². The number of aromatic nitrogens is 2. The molecular weight excluding hydrogens is 172 g/mol. The first kappa shape index (κ1) is 7.99. The van der Waals surface area contributed by atoms with Crippen LogP contribution in [0.4, 0.5) is 0 Å². The first-order valence-corrected chi connectivity index (χ1v) is 4.64. The number of nitrogens with zero attached hydrogens (tertiary/aromatic N) is 2. The maximum absolute atomic E-state index is 5.89. The minimum Gasteiger partial charge on any atom is -0.241 e. The zero-order valence-corrected chi connectivity index (χ0v) is 7.80. The van der Waals surface area contributed by atoms with Crippen molar-refractivity contribution in [1.82, 2.24) is 9.97 Å². The van der Waals surface area contributed by atoms with Crippen LogP contribution in [0.3, 0.4) is 0 Å². The summed E-state index contributed by atoms with van der Waals surface area (Å²) in [4.78, 5) is 8.20. The molecule has 1 aliphatic carbocycles. The SMILES string of the molecule is Cc1c(Cl)ncnc1C1CCC1. The van der Waals surface area contributed by atoms with Gasteiger partial charge in [-0.05, 0) is 19.8 Å². The van der Waals surface area contributed by atoms with Gasteiger partial charge in [0.1, 0.15) is 11.5 Å². The topological polar surface area (TPSA) is 25.8 Å². The molecule has 12 heavy (non-hydrogen) atoms. The van der Waals surface area contributed by atoms with E-state index in [4.69, 9.17) is 11.6 Å². The first-order chi connectivity index (χ1) is 5.79. The van der Waals surface area contributed by atoms with Gasteiger partial charge in [-0.25, -0.2) is 9.97 Å². The predicted octanol–water partition coefficient (Wildman–Crippen LogP) is 2.71. The molecule has 1 heterocycles. The molecule has 1 aromatic rings. The largest absolute Gasteiger partial charge is 0.241 e. The summed E-state index contributed by atoms with van der Waals surface area (Å²) in [7, 11) is 0. The number of halogens is 1. The van der Waals surface area contributed by atoms with Crippen molar-refractivity contribution in [2.45, 2.75) is 32.1 Å². The van der Waals surface area contributed by atoms with Crippen molar-refractivity contribution in [3.05, 3.63) is 22.7 Å². The lowest BCUT2D eigenvalue weighted by Gasteiger charge is -2.25. The molecule has 0 aliphatic heterocycles. The van der Waals surface area contributed by atoms with Crippen molar-refractivity contribution in [3.63, 3.8) is 0 Å². The van der Waals surface area contributed by atoms with Crippen LogP contribution in [0.25, 0.3) is 0 Å². The normalized spacial score (nSPS) is 17.5. The first-order valence-electron chi connectivity index (χ1n) is 4.26. The summed E-state index contributed by atoms with van der Waals surface area (Å²) in [5.41, 5.74) is 2.21. The summed E-state index contributed by atoms with van der Waals surface area (Å²) >= 11 is 5.89. The van der Waals surface area contributed by atoms with Gasteiger partial charge in [0.2, 0.25) is 0 Å². The summed E-state index contributed by atoms with van der Waals surface area (Å²) in [5, 5.41) is 0.604. The predicted molar refractivity (Wildman–Crippen MR) is 48.4 cm³/mol. The highest BCUT2D eigenvalue weighted by Crippen LogP contribution is 2.37. The molecule has 1 fully saturated rings. The Hall–Kier alpha value is -0.630. The van der Waals surface area contributed by atoms with E-state index in [2.05, 4.69) is 9.97 Å². The highest BCUT2D eigenvalue weighted by molar-refractivity contribution is 6.30. The molecule has 0 atom stereocenters. The van der Waals surface area contributed by atoms with Gasteiger partial charge in [0.15, 0.2) is 0 Å². The van der Waals surface area contributed by atoms with E-state index in [1.54, 1.807) is 6.33 Å². The van der Waals surface area contributed by atoms with Gasteiger partial charge >= 0.3 is 0 Å². The van der Waals surface area contributed by atoms with Crippen LogP contribution in [0.2, 0.25) is 5.15 Å². The molecule has 64 valence electrons. The van der Waals surface area contributed by atoms with Gasteiger partial charge in [0, 0.05) is 11.5 Å². The van der Waals surface area contributed by atoms with Crippen molar-refractivity contribution < 1.29 is 0 Å². The van der Waals surface area contributed by atoms with Crippen molar-refractivity contribution in [3.8, 4) is 0 Å². The second kappa shape index (κ2) is 3.02. The van der Waals surface area contributed by atoms with Crippen LogP contribution >= 0.6 is 11.6 Å². The number of rotatable bonds is 1. The van der Waals surface area contributed by atoms with E-state index in [0.717, 1.165) is 11.3 Å². The Morgan fingerprint density at radius 3 is 2.75 bits per heavy atom. The number of hydrogen-bond donors (Lipinski definition) is 0. The van der Waals surface area contributed by atoms with Crippen LogP contribution in [0, 0.1) is 6.92 Å². The van der Waals surface area contributed by atoms with Crippen LogP contribution in [0.5, 0.6) is 0 Å². The maximum Gasteiger partial charge on any atom is 0.135 e. The molecule has 0 spiro atoms. The molecule has 0 radical (unpaired) electrons. The molecule has 0 saturated heterocycles. The van der Waals surface area contributed by atoms with Gasteiger partial charge in [-0.15, -0.1) is 0 Å². The van der Waals surface area contributed by atoms with E-state index in [0.29, 0.717) is 11.1 Å². The van der Waals surface area contributed by atoms with E-state index < -0.39 is 0 Å². The smallest absolute Gasteiger partial charge is 0.135 e. The fraction of sp³-hybridized carbons (Fsp3) is 0.556. The lowest BCUT2D eigenvalue weighted by Crippen LogP contribution is -2.12. The standard InChI is InChI=1S/C9H11ClN2/c1-6-8(7-3-2-4-7)11-5-12-9(6)10/h5,7H,2-4H2,1H3. The van der Waals surface area contributed by atoms with Crippen molar-refractivity contribution in [1.29, 1.82) is 0 Å². The van der Waals surface area contributed by atoms with E-state index in [9.17, 15) is 0 Å². The van der Waals surface area contributed by atoms with Crippen LogP contribution < -0.4 is 0 Å². The van der Waals surface area contributed by atoms with Crippen LogP contribution in [0.15, 0.2) is 6.33 Å². The molecule has 1 saturated carbocycles. The van der Waals surface area contributed by atoms with Crippen molar-refractivity contribution in [2.75, 3.05) is 0 Å². The Morgan fingerprint density at radius 2 is 2.17 bits per heavy atom. The molecule has 0 amide bonds. The molecule has 0 aromatic carbocycles. The lowest BCUT2D eigenvalue weighted by molar-refractivity contribution is 0.409. The molecule has 0 bridgehead atoms. The van der Waals surface area contributed by atoms with Gasteiger partial charge in [0.05, 0.1) is 5.69 Å². The molecular formula is C9H11ClN2. The lowest BCUT2D eigenvalue weighted by atomic mass is 9.81. The quantitative estimate of drug-likeness (QED) is 0.625. The summed E-state index contributed by atoms with van der Waals surface area (Å²) in [6, 6.07) is 0. The van der Waals surface area contributed by atoms with E-state index in [1.165, 1.54) is 19.3 Å². The summed E-state index contributed by atoms with van der Waals surface area (Å²) < 4.78 is 0. The molecule has 0 N–H and O–H groups in total. The zero-order valence-electron chi connectivity index (χ0n) is 7.05. The second-order valence-electron chi connectivity index (χ2n) is 3.30. The van der Waals surface area contributed by atoms with Crippen LogP contribution in [-0.2, 0) is 0 Å². The minimum absolute atomic E-state index is 0.604. The van der Waals surface area contributed by atoms with Gasteiger partial charge < -0.3 is 0 Å². The van der Waals surface area contributed by atoms with E-state index in [1.807, 2.05) is 6.92 Å². The Kier molecular flexibility index (Phi) is 2.01.